The Labute approximate surface area is 105 Å². The molecule has 4 heteroatoms. The third kappa shape index (κ3) is 9.12. The highest BCUT2D eigenvalue weighted by atomic mass is 16.5. The number of carbonyl (C=O) groups excluding carboxylic acids is 1. The van der Waals surface area contributed by atoms with Crippen LogP contribution in [0.1, 0.15) is 34.1 Å². The Hall–Kier alpha value is -0.610. The first kappa shape index (κ1) is 16.4. The van der Waals surface area contributed by atoms with Crippen molar-refractivity contribution in [3.63, 3.8) is 0 Å². The van der Waals surface area contributed by atoms with Gasteiger partial charge < -0.3 is 15.8 Å². The predicted molar refractivity (Wildman–Crippen MR) is 70.7 cm³/mol. The second-order valence-corrected chi connectivity index (χ2v) is 5.32. The van der Waals surface area contributed by atoms with E-state index in [1.54, 1.807) is 0 Å². The van der Waals surface area contributed by atoms with Gasteiger partial charge in [0.2, 0.25) is 5.91 Å². The van der Waals surface area contributed by atoms with Gasteiger partial charge in [0.25, 0.3) is 0 Å². The average Bonchev–Trinajstić information content (AvgIpc) is 2.24. The minimum atomic E-state index is -0.0694. The molecule has 0 aliphatic carbocycles. The van der Waals surface area contributed by atoms with Crippen LogP contribution in [0.5, 0.6) is 0 Å². The topological polar surface area (TPSA) is 64.3 Å². The molecule has 0 aliphatic rings. The van der Waals surface area contributed by atoms with Gasteiger partial charge in [0, 0.05) is 19.7 Å². The highest BCUT2D eigenvalue weighted by Crippen LogP contribution is 2.10. The monoisotopic (exact) mass is 244 g/mol. The predicted octanol–water partition coefficient (Wildman–Crippen LogP) is 1.40. The van der Waals surface area contributed by atoms with Gasteiger partial charge in [-0.3, -0.25) is 4.79 Å². The summed E-state index contributed by atoms with van der Waals surface area (Å²) >= 11 is 0. The molecule has 1 unspecified atom stereocenters. The van der Waals surface area contributed by atoms with Gasteiger partial charge in [-0.05, 0) is 18.3 Å². The fourth-order valence-electron chi connectivity index (χ4n) is 1.59. The lowest BCUT2D eigenvalue weighted by Gasteiger charge is -2.16. The number of carbonyl (C=O) groups is 1. The average molecular weight is 244 g/mol. The summed E-state index contributed by atoms with van der Waals surface area (Å²) in [7, 11) is 0. The van der Waals surface area contributed by atoms with Gasteiger partial charge in [-0.15, -0.1) is 0 Å². The van der Waals surface area contributed by atoms with Crippen LogP contribution in [0.15, 0.2) is 0 Å². The van der Waals surface area contributed by atoms with Crippen LogP contribution in [0.2, 0.25) is 0 Å². The lowest BCUT2D eigenvalue weighted by Crippen LogP contribution is -2.37. The number of ether oxygens (including phenoxy) is 1. The molecule has 0 aromatic carbocycles. The summed E-state index contributed by atoms with van der Waals surface area (Å²) in [6.07, 6.45) is 0.842. The van der Waals surface area contributed by atoms with E-state index in [1.165, 1.54) is 0 Å². The van der Waals surface area contributed by atoms with Crippen molar-refractivity contribution in [2.75, 3.05) is 26.3 Å². The third-order valence-corrected chi connectivity index (χ3v) is 2.41. The standard InChI is InChI=1S/C13H28N2O2/c1-10(2)7-12(8-14)13(16)15-5-6-17-9-11(3)4/h10-12H,5-9,14H2,1-4H3,(H,15,16). The van der Waals surface area contributed by atoms with Crippen molar-refractivity contribution < 1.29 is 9.53 Å². The first-order chi connectivity index (χ1) is 7.97. The molecule has 0 radical (unpaired) electrons. The summed E-state index contributed by atoms with van der Waals surface area (Å²) in [5.41, 5.74) is 5.60. The van der Waals surface area contributed by atoms with E-state index >= 15 is 0 Å². The van der Waals surface area contributed by atoms with Crippen molar-refractivity contribution in [2.24, 2.45) is 23.5 Å². The Morgan fingerprint density at radius 3 is 2.35 bits per heavy atom. The molecule has 0 fully saturated rings. The molecular weight excluding hydrogens is 216 g/mol. The van der Waals surface area contributed by atoms with E-state index in [1.807, 2.05) is 0 Å². The summed E-state index contributed by atoms with van der Waals surface area (Å²) < 4.78 is 5.39. The zero-order valence-electron chi connectivity index (χ0n) is 11.7. The van der Waals surface area contributed by atoms with Gasteiger partial charge in [-0.25, -0.2) is 0 Å². The van der Waals surface area contributed by atoms with Crippen LogP contribution in [-0.2, 0) is 9.53 Å². The van der Waals surface area contributed by atoms with Crippen LogP contribution in [0, 0.1) is 17.8 Å². The van der Waals surface area contributed by atoms with Crippen molar-refractivity contribution in [1.82, 2.24) is 5.32 Å². The van der Waals surface area contributed by atoms with Crippen LogP contribution >= 0.6 is 0 Å². The quantitative estimate of drug-likeness (QED) is 0.603. The van der Waals surface area contributed by atoms with E-state index in [2.05, 4.69) is 33.0 Å². The fraction of sp³-hybridized carbons (Fsp3) is 0.923. The molecule has 0 aromatic rings. The van der Waals surface area contributed by atoms with Gasteiger partial charge in [0.15, 0.2) is 0 Å². The molecule has 0 aromatic heterocycles. The van der Waals surface area contributed by atoms with Gasteiger partial charge >= 0.3 is 0 Å². The Morgan fingerprint density at radius 2 is 1.88 bits per heavy atom. The summed E-state index contributed by atoms with van der Waals surface area (Å²) in [5.74, 6) is 1.00. The number of rotatable bonds is 9. The molecule has 4 nitrogen and oxygen atoms in total. The summed E-state index contributed by atoms with van der Waals surface area (Å²) in [6.45, 7) is 10.7. The summed E-state index contributed by atoms with van der Waals surface area (Å²) in [6, 6.07) is 0. The number of nitrogens with one attached hydrogen (secondary N) is 1. The van der Waals surface area contributed by atoms with Gasteiger partial charge in [-0.2, -0.15) is 0 Å². The van der Waals surface area contributed by atoms with Crippen LogP contribution in [0.3, 0.4) is 0 Å². The van der Waals surface area contributed by atoms with Crippen molar-refractivity contribution >= 4 is 5.91 Å². The lowest BCUT2D eigenvalue weighted by atomic mass is 9.96. The summed E-state index contributed by atoms with van der Waals surface area (Å²) in [5, 5.41) is 2.87. The third-order valence-electron chi connectivity index (χ3n) is 2.41. The van der Waals surface area contributed by atoms with E-state index < -0.39 is 0 Å². The first-order valence-electron chi connectivity index (χ1n) is 6.52. The zero-order chi connectivity index (χ0) is 13.3. The van der Waals surface area contributed by atoms with Crippen LogP contribution in [-0.4, -0.2) is 32.2 Å². The second-order valence-electron chi connectivity index (χ2n) is 5.32. The smallest absolute Gasteiger partial charge is 0.224 e. The van der Waals surface area contributed by atoms with Crippen molar-refractivity contribution in [3.8, 4) is 0 Å². The van der Waals surface area contributed by atoms with E-state index in [4.69, 9.17) is 10.5 Å². The molecule has 0 saturated carbocycles. The molecule has 3 N–H and O–H groups in total. The van der Waals surface area contributed by atoms with Crippen molar-refractivity contribution in [2.45, 2.75) is 34.1 Å². The maximum atomic E-state index is 11.8. The van der Waals surface area contributed by atoms with E-state index in [9.17, 15) is 4.79 Å². The summed E-state index contributed by atoms with van der Waals surface area (Å²) in [4.78, 5) is 11.8. The van der Waals surface area contributed by atoms with E-state index in [0.29, 0.717) is 31.5 Å². The highest BCUT2D eigenvalue weighted by Gasteiger charge is 2.17. The molecule has 17 heavy (non-hydrogen) atoms. The van der Waals surface area contributed by atoms with Crippen LogP contribution < -0.4 is 11.1 Å². The van der Waals surface area contributed by atoms with Crippen LogP contribution in [0.4, 0.5) is 0 Å². The fourth-order valence-corrected chi connectivity index (χ4v) is 1.59. The normalized spacial score (nSPS) is 13.1. The number of amides is 1. The molecule has 1 amide bonds. The molecule has 0 saturated heterocycles. The second kappa shape index (κ2) is 9.42. The van der Waals surface area contributed by atoms with Crippen molar-refractivity contribution in [3.05, 3.63) is 0 Å². The molecule has 1 atom stereocenters. The Bertz CT molecular complexity index is 206. The zero-order valence-corrected chi connectivity index (χ0v) is 11.7. The largest absolute Gasteiger partial charge is 0.379 e. The van der Waals surface area contributed by atoms with Crippen molar-refractivity contribution in [1.29, 1.82) is 0 Å². The molecule has 0 aliphatic heterocycles. The number of nitrogens with two attached hydrogens (primary N) is 1. The molecular formula is C13H28N2O2. The maximum absolute atomic E-state index is 11.8. The van der Waals surface area contributed by atoms with Gasteiger partial charge in [0.1, 0.15) is 0 Å². The van der Waals surface area contributed by atoms with E-state index in [-0.39, 0.29) is 11.8 Å². The molecule has 0 spiro atoms. The Balaban J connectivity index is 3.68. The number of hydrogen-bond donors (Lipinski definition) is 2. The van der Waals surface area contributed by atoms with Crippen LogP contribution in [0.25, 0.3) is 0 Å². The van der Waals surface area contributed by atoms with Gasteiger partial charge in [0.05, 0.1) is 12.5 Å². The SMILES string of the molecule is CC(C)COCCNC(=O)C(CN)CC(C)C. The molecule has 102 valence electrons. The highest BCUT2D eigenvalue weighted by molar-refractivity contribution is 5.78. The Kier molecular flexibility index (Phi) is 9.09. The molecule has 0 bridgehead atoms. The minimum absolute atomic E-state index is 0.0503. The van der Waals surface area contributed by atoms with Gasteiger partial charge in [-0.1, -0.05) is 27.7 Å². The minimum Gasteiger partial charge on any atom is -0.379 e. The molecule has 0 rings (SSSR count). The Morgan fingerprint density at radius 1 is 1.24 bits per heavy atom. The van der Waals surface area contributed by atoms with E-state index in [0.717, 1.165) is 13.0 Å². The lowest BCUT2D eigenvalue weighted by molar-refractivity contribution is -0.125. The molecule has 0 heterocycles. The first-order valence-corrected chi connectivity index (χ1v) is 6.52. The number of hydrogen-bond acceptors (Lipinski definition) is 3. The maximum Gasteiger partial charge on any atom is 0.224 e.